The normalized spacial score (nSPS) is 17.4. The molecule has 6 nitrogen and oxygen atoms in total. The smallest absolute Gasteiger partial charge is 0.194 e. The van der Waals surface area contributed by atoms with Crippen LogP contribution in [0, 0.1) is 0 Å². The van der Waals surface area contributed by atoms with Crippen molar-refractivity contribution in [2.24, 2.45) is 4.99 Å². The Morgan fingerprint density at radius 3 is 2.87 bits per heavy atom. The molecule has 0 amide bonds. The first-order valence-electron chi connectivity index (χ1n) is 11.4. The molecule has 0 saturated carbocycles. The Balaban J connectivity index is 1.28. The molecule has 1 aliphatic heterocycles. The van der Waals surface area contributed by atoms with Gasteiger partial charge in [0.15, 0.2) is 5.96 Å². The van der Waals surface area contributed by atoms with Gasteiger partial charge in [0, 0.05) is 38.7 Å². The maximum absolute atomic E-state index is 6.07. The van der Waals surface area contributed by atoms with Gasteiger partial charge in [0.05, 0.1) is 24.9 Å². The van der Waals surface area contributed by atoms with Crippen LogP contribution >= 0.6 is 11.3 Å². The Labute approximate surface area is 189 Å². The first kappa shape index (κ1) is 22.2. The minimum Gasteiger partial charge on any atom is -0.381 e. The van der Waals surface area contributed by atoms with Gasteiger partial charge in [-0.3, -0.25) is 4.99 Å². The highest BCUT2D eigenvalue weighted by molar-refractivity contribution is 7.11. The van der Waals surface area contributed by atoms with Crippen molar-refractivity contribution in [2.75, 3.05) is 27.3 Å². The number of nitrogens with one attached hydrogen (secondary N) is 1. The van der Waals surface area contributed by atoms with Crippen LogP contribution in [0.25, 0.3) is 0 Å². The van der Waals surface area contributed by atoms with E-state index in [-0.39, 0.29) is 0 Å². The van der Waals surface area contributed by atoms with E-state index in [4.69, 9.17) is 14.5 Å². The van der Waals surface area contributed by atoms with Gasteiger partial charge in [-0.15, -0.1) is 11.3 Å². The average Bonchev–Trinajstić information content (AvgIpc) is 3.21. The number of hydrogen-bond donors (Lipinski definition) is 1. The molecular formula is C24H34N4O2S. The molecule has 0 spiro atoms. The van der Waals surface area contributed by atoms with Crippen molar-refractivity contribution >= 4 is 17.3 Å². The first-order valence-corrected chi connectivity index (χ1v) is 12.2. The number of aromatic nitrogens is 1. The quantitative estimate of drug-likeness (QED) is 0.520. The summed E-state index contributed by atoms with van der Waals surface area (Å²) >= 11 is 1.87. The van der Waals surface area contributed by atoms with Gasteiger partial charge in [0.2, 0.25) is 0 Å². The highest BCUT2D eigenvalue weighted by Gasteiger charge is 2.17. The minimum absolute atomic E-state index is 0.319. The number of thiazole rings is 1. The largest absolute Gasteiger partial charge is 0.381 e. The summed E-state index contributed by atoms with van der Waals surface area (Å²) in [5.74, 6) is 0.886. The topological polar surface area (TPSA) is 59.0 Å². The third-order valence-electron chi connectivity index (χ3n) is 5.93. The number of benzene rings is 1. The molecule has 0 atom stereocenters. The number of rotatable bonds is 7. The zero-order valence-electron chi connectivity index (χ0n) is 18.7. The van der Waals surface area contributed by atoms with E-state index in [1.54, 1.807) is 0 Å². The standard InChI is InChI=1S/C24H34N4O2S/c1-25-24(28(2)16-23-27-21-8-3-4-9-22(21)31-23)26-15-18-6-5-7-19(14-18)17-30-20-10-12-29-13-11-20/h5-7,14,20H,3-4,8-13,15-17H2,1-2H3,(H,25,26). The predicted molar refractivity (Wildman–Crippen MR) is 125 cm³/mol. The molecule has 0 radical (unpaired) electrons. The fraction of sp³-hybridized carbons (Fsp3) is 0.583. The molecule has 2 aliphatic rings. The number of ether oxygens (including phenoxy) is 2. The van der Waals surface area contributed by atoms with E-state index in [1.807, 2.05) is 18.4 Å². The first-order chi connectivity index (χ1) is 15.2. The van der Waals surface area contributed by atoms with Gasteiger partial charge in [-0.05, 0) is 49.7 Å². The Bertz CT molecular complexity index is 853. The molecule has 0 unspecified atom stereocenters. The van der Waals surface area contributed by atoms with Crippen molar-refractivity contribution in [3.63, 3.8) is 0 Å². The molecule has 2 heterocycles. The van der Waals surface area contributed by atoms with Crippen molar-refractivity contribution < 1.29 is 9.47 Å². The lowest BCUT2D eigenvalue weighted by Crippen LogP contribution is -2.38. The molecule has 1 N–H and O–H groups in total. The van der Waals surface area contributed by atoms with Gasteiger partial charge in [-0.1, -0.05) is 24.3 Å². The van der Waals surface area contributed by atoms with Crippen LogP contribution in [0.1, 0.15) is 52.4 Å². The molecule has 1 aromatic heterocycles. The summed E-state index contributed by atoms with van der Waals surface area (Å²) < 4.78 is 11.5. The zero-order valence-corrected chi connectivity index (χ0v) is 19.5. The number of nitrogens with zero attached hydrogens (tertiary/aromatic N) is 3. The number of aliphatic imine (C=N–C) groups is 1. The summed E-state index contributed by atoms with van der Waals surface area (Å²) in [6.45, 7) is 3.80. The van der Waals surface area contributed by atoms with Gasteiger partial charge in [0.25, 0.3) is 0 Å². The van der Waals surface area contributed by atoms with Crippen molar-refractivity contribution in [3.8, 4) is 0 Å². The van der Waals surface area contributed by atoms with Gasteiger partial charge < -0.3 is 19.7 Å². The number of guanidine groups is 1. The van der Waals surface area contributed by atoms with Crippen molar-refractivity contribution in [3.05, 3.63) is 51.0 Å². The van der Waals surface area contributed by atoms with E-state index >= 15 is 0 Å². The van der Waals surface area contributed by atoms with Gasteiger partial charge in [-0.2, -0.15) is 0 Å². The fourth-order valence-electron chi connectivity index (χ4n) is 4.20. The molecule has 31 heavy (non-hydrogen) atoms. The molecule has 1 saturated heterocycles. The molecule has 1 aliphatic carbocycles. The zero-order chi connectivity index (χ0) is 21.5. The van der Waals surface area contributed by atoms with E-state index in [0.717, 1.165) is 51.5 Å². The van der Waals surface area contributed by atoms with Crippen molar-refractivity contribution in [2.45, 2.75) is 64.3 Å². The molecule has 1 aromatic carbocycles. The van der Waals surface area contributed by atoms with Gasteiger partial charge >= 0.3 is 0 Å². The lowest BCUT2D eigenvalue weighted by molar-refractivity contribution is -0.0390. The summed E-state index contributed by atoms with van der Waals surface area (Å²) in [5, 5.41) is 4.68. The Morgan fingerprint density at radius 1 is 1.26 bits per heavy atom. The Morgan fingerprint density at radius 2 is 2.06 bits per heavy atom. The molecule has 2 aromatic rings. The summed E-state index contributed by atoms with van der Waals surface area (Å²) in [6.07, 6.45) is 7.20. The number of hydrogen-bond acceptors (Lipinski definition) is 5. The molecule has 0 bridgehead atoms. The van der Waals surface area contributed by atoms with Crippen LogP contribution in [-0.4, -0.2) is 49.3 Å². The van der Waals surface area contributed by atoms with Crippen LogP contribution in [0.2, 0.25) is 0 Å². The van der Waals surface area contributed by atoms with Crippen molar-refractivity contribution in [1.82, 2.24) is 15.2 Å². The van der Waals surface area contributed by atoms with Gasteiger partial charge in [-0.25, -0.2) is 4.98 Å². The molecule has 7 heteroatoms. The van der Waals surface area contributed by atoms with Crippen LogP contribution in [0.5, 0.6) is 0 Å². The number of fused-ring (bicyclic) bond motifs is 1. The highest BCUT2D eigenvalue weighted by Crippen LogP contribution is 2.27. The fourth-order valence-corrected chi connectivity index (χ4v) is 5.41. The SMILES string of the molecule is CN=C(NCc1cccc(COC2CCOCC2)c1)N(C)Cc1nc2c(s1)CCCC2. The Kier molecular flexibility index (Phi) is 7.94. The second-order valence-corrected chi connectivity index (χ2v) is 9.55. The van der Waals surface area contributed by atoms with Gasteiger partial charge in [0.1, 0.15) is 5.01 Å². The van der Waals surface area contributed by atoms with E-state index < -0.39 is 0 Å². The maximum Gasteiger partial charge on any atom is 0.194 e. The Hall–Kier alpha value is -1.96. The van der Waals surface area contributed by atoms with E-state index in [1.165, 1.54) is 46.0 Å². The second-order valence-electron chi connectivity index (χ2n) is 8.38. The second kappa shape index (κ2) is 11.1. The summed E-state index contributed by atoms with van der Waals surface area (Å²) in [7, 11) is 3.91. The van der Waals surface area contributed by atoms with Crippen LogP contribution in [0.4, 0.5) is 0 Å². The molecule has 4 rings (SSSR count). The summed E-state index contributed by atoms with van der Waals surface area (Å²) in [6, 6.07) is 8.60. The van der Waals surface area contributed by atoms with Crippen LogP contribution in [0.15, 0.2) is 29.3 Å². The lowest BCUT2D eigenvalue weighted by Gasteiger charge is -2.23. The third kappa shape index (κ3) is 6.28. The minimum atomic E-state index is 0.319. The molecule has 168 valence electrons. The van der Waals surface area contributed by atoms with Crippen LogP contribution in [-0.2, 0) is 42.0 Å². The third-order valence-corrected chi connectivity index (χ3v) is 7.07. The van der Waals surface area contributed by atoms with E-state index in [9.17, 15) is 0 Å². The molecule has 1 fully saturated rings. The number of aryl methyl sites for hydroxylation is 2. The summed E-state index contributed by atoms with van der Waals surface area (Å²) in [4.78, 5) is 13.0. The van der Waals surface area contributed by atoms with Crippen LogP contribution in [0.3, 0.4) is 0 Å². The summed E-state index contributed by atoms with van der Waals surface area (Å²) in [5.41, 5.74) is 3.76. The van der Waals surface area contributed by atoms with E-state index in [2.05, 4.69) is 46.5 Å². The van der Waals surface area contributed by atoms with Crippen molar-refractivity contribution in [1.29, 1.82) is 0 Å². The van der Waals surface area contributed by atoms with Crippen LogP contribution < -0.4 is 5.32 Å². The highest BCUT2D eigenvalue weighted by atomic mass is 32.1. The molecular weight excluding hydrogens is 408 g/mol. The average molecular weight is 443 g/mol. The monoisotopic (exact) mass is 442 g/mol. The van der Waals surface area contributed by atoms with E-state index in [0.29, 0.717) is 12.7 Å². The lowest BCUT2D eigenvalue weighted by atomic mass is 10.0. The predicted octanol–water partition coefficient (Wildman–Crippen LogP) is 3.92. The maximum atomic E-state index is 6.07.